The van der Waals surface area contributed by atoms with E-state index in [4.69, 9.17) is 24.3 Å². The van der Waals surface area contributed by atoms with Crippen molar-refractivity contribution in [1.82, 2.24) is 19.7 Å². The molecule has 7 atom stereocenters. The Morgan fingerprint density at radius 2 is 2.12 bits per heavy atom. The van der Waals surface area contributed by atoms with Crippen LogP contribution < -0.4 is 15.3 Å². The summed E-state index contributed by atoms with van der Waals surface area (Å²) in [5.41, 5.74) is 3.89. The second-order valence-electron chi connectivity index (χ2n) is 10.2. The van der Waals surface area contributed by atoms with Gasteiger partial charge >= 0.3 is 13.7 Å². The number of anilines is 1. The first-order valence-electron chi connectivity index (χ1n) is 13.5. The zero-order valence-corrected chi connectivity index (χ0v) is 25.1. The number of aromatic nitrogens is 3. The van der Waals surface area contributed by atoms with E-state index in [9.17, 15) is 19.7 Å². The van der Waals surface area contributed by atoms with Crippen molar-refractivity contribution in [2.24, 2.45) is 11.8 Å². The van der Waals surface area contributed by atoms with E-state index in [0.29, 0.717) is 23.4 Å². The number of thioether (sulfide) groups is 1. The molecule has 5 rings (SSSR count). The number of ether oxygens (including phenoxy) is 2. The molecular weight excluding hydrogens is 583 g/mol. The molecule has 15 heteroatoms. The summed E-state index contributed by atoms with van der Waals surface area (Å²) < 4.78 is 38.6. The first kappa shape index (κ1) is 30.3. The van der Waals surface area contributed by atoms with Gasteiger partial charge < -0.3 is 24.8 Å². The number of carbonyl (C=O) groups is 1. The van der Waals surface area contributed by atoms with Crippen molar-refractivity contribution in [3.05, 3.63) is 54.5 Å². The van der Waals surface area contributed by atoms with Gasteiger partial charge in [0.05, 0.1) is 25.0 Å². The summed E-state index contributed by atoms with van der Waals surface area (Å²) in [6.45, 7) is 3.33. The number of hydrogen-bond donors (Lipinski definition) is 3. The fourth-order valence-electron chi connectivity index (χ4n) is 5.51. The fourth-order valence-corrected chi connectivity index (χ4v) is 7.54. The molecule has 1 aromatic carbocycles. The van der Waals surface area contributed by atoms with Gasteiger partial charge in [0, 0.05) is 11.8 Å². The lowest BCUT2D eigenvalue weighted by atomic mass is 9.82. The molecule has 2 aliphatic rings. The Morgan fingerprint density at radius 1 is 1.36 bits per heavy atom. The summed E-state index contributed by atoms with van der Waals surface area (Å²) in [4.78, 5) is 16.7. The Hall–Kier alpha value is -3.18. The number of fused-ring (bicyclic) bond motifs is 2. The molecule has 1 saturated heterocycles. The predicted molar refractivity (Wildman–Crippen MR) is 154 cm³/mol. The van der Waals surface area contributed by atoms with Crippen LogP contribution in [-0.4, -0.2) is 68.6 Å². The molecule has 3 aromatic rings. The highest BCUT2D eigenvalue weighted by molar-refractivity contribution is 7.98. The number of nitrogens with zero attached hydrogens (tertiary/aromatic N) is 4. The number of benzene rings is 1. The Kier molecular flexibility index (Phi) is 8.53. The lowest BCUT2D eigenvalue weighted by molar-refractivity contribution is -0.145. The van der Waals surface area contributed by atoms with E-state index in [1.807, 2.05) is 6.26 Å². The lowest BCUT2D eigenvalue weighted by Crippen LogP contribution is -2.41. The Balaban J connectivity index is 1.36. The SMILES string of the molecule is CCOC(=O)C(CCSC)NP(=O)(OCC1C2OC(C#N)(c3ccc4c(N)ncnn34)C(C)C12O)Oc1ccccc1. The molecule has 0 amide bonds. The number of esters is 1. The average molecular weight is 617 g/mol. The topological polar surface area (TPSA) is 183 Å². The highest BCUT2D eigenvalue weighted by atomic mass is 32.2. The maximum absolute atomic E-state index is 14.1. The molecule has 4 N–H and O–H groups in total. The number of carbonyl (C=O) groups excluding carboxylic acids is 1. The third-order valence-electron chi connectivity index (χ3n) is 7.84. The van der Waals surface area contributed by atoms with Crippen LogP contribution in [0.15, 0.2) is 48.8 Å². The normalized spacial score (nSPS) is 28.4. The van der Waals surface area contributed by atoms with Gasteiger partial charge in [0.1, 0.15) is 35.3 Å². The molecule has 1 saturated carbocycles. The van der Waals surface area contributed by atoms with Gasteiger partial charge in [0.25, 0.3) is 0 Å². The van der Waals surface area contributed by atoms with E-state index in [0.717, 1.165) is 0 Å². The summed E-state index contributed by atoms with van der Waals surface area (Å²) >= 11 is 1.52. The van der Waals surface area contributed by atoms with Crippen LogP contribution in [0, 0.1) is 23.2 Å². The molecule has 0 spiro atoms. The van der Waals surface area contributed by atoms with E-state index in [1.54, 1.807) is 56.3 Å². The van der Waals surface area contributed by atoms with E-state index in [2.05, 4.69) is 21.2 Å². The molecule has 1 aliphatic heterocycles. The molecule has 0 radical (unpaired) electrons. The summed E-state index contributed by atoms with van der Waals surface area (Å²) in [6.07, 6.45) is 2.71. The molecule has 42 heavy (non-hydrogen) atoms. The predicted octanol–water partition coefficient (Wildman–Crippen LogP) is 2.90. The fraction of sp³-hybridized carbons (Fsp3) is 0.481. The number of nitrogens with two attached hydrogens (primary N) is 1. The zero-order chi connectivity index (χ0) is 30.1. The van der Waals surface area contributed by atoms with Gasteiger partial charge in [-0.1, -0.05) is 25.1 Å². The van der Waals surface area contributed by atoms with Crippen molar-refractivity contribution < 1.29 is 33.0 Å². The van der Waals surface area contributed by atoms with Gasteiger partial charge in [-0.2, -0.15) is 27.2 Å². The maximum Gasteiger partial charge on any atom is 0.459 e. The zero-order valence-electron chi connectivity index (χ0n) is 23.4. The number of nitrogens with one attached hydrogen (secondary N) is 1. The Morgan fingerprint density at radius 3 is 2.76 bits per heavy atom. The third-order valence-corrected chi connectivity index (χ3v) is 10.1. The highest BCUT2D eigenvalue weighted by Gasteiger charge is 2.80. The van der Waals surface area contributed by atoms with Gasteiger partial charge in [0.2, 0.25) is 5.60 Å². The summed E-state index contributed by atoms with van der Waals surface area (Å²) in [6, 6.07) is 13.1. The van der Waals surface area contributed by atoms with Gasteiger partial charge in [0.15, 0.2) is 5.82 Å². The van der Waals surface area contributed by atoms with Crippen LogP contribution in [0.3, 0.4) is 0 Å². The summed E-state index contributed by atoms with van der Waals surface area (Å²) in [5.74, 6) is -0.816. The van der Waals surface area contributed by atoms with Crippen LogP contribution >= 0.6 is 19.5 Å². The standard InChI is InChI=1S/C27H33N6O7PS/c1-4-37-25(34)20(12-13-42-3)32-41(36,40-18-8-6-5-7-9-18)38-14-19-23-27(19,35)17(2)26(15-28,39-23)22-11-10-21-24(29)30-16-31-33(21)22/h5-11,16-17,19-20,23,35H,4,12-14H2,1-3H3,(H,32,36)(H2,29,30,31). The van der Waals surface area contributed by atoms with E-state index >= 15 is 0 Å². The Bertz CT molecular complexity index is 1540. The molecule has 1 aliphatic carbocycles. The van der Waals surface area contributed by atoms with Crippen molar-refractivity contribution in [2.75, 3.05) is 31.0 Å². The first-order chi connectivity index (χ1) is 20.1. The minimum atomic E-state index is -4.17. The van der Waals surface area contributed by atoms with Crippen LogP contribution in [-0.2, 0) is 29.0 Å². The van der Waals surface area contributed by atoms with Gasteiger partial charge in [-0.3, -0.25) is 9.32 Å². The van der Waals surface area contributed by atoms with Crippen LogP contribution in [0.1, 0.15) is 26.0 Å². The summed E-state index contributed by atoms with van der Waals surface area (Å²) in [5, 5.41) is 29.0. The third kappa shape index (κ3) is 5.25. The molecule has 0 bridgehead atoms. The molecule has 3 heterocycles. The number of nitrogen functional groups attached to an aromatic ring is 1. The minimum absolute atomic E-state index is 0.156. The first-order valence-corrected chi connectivity index (χ1v) is 16.4. The van der Waals surface area contributed by atoms with Gasteiger partial charge in [-0.25, -0.2) is 14.1 Å². The molecule has 224 valence electrons. The van der Waals surface area contributed by atoms with E-state index in [-0.39, 0.29) is 24.8 Å². The largest absolute Gasteiger partial charge is 0.465 e. The molecular formula is C27H33N6O7PS. The highest BCUT2D eigenvalue weighted by Crippen LogP contribution is 2.65. The van der Waals surface area contributed by atoms with Crippen LogP contribution in [0.25, 0.3) is 5.52 Å². The van der Waals surface area contributed by atoms with Gasteiger partial charge in [-0.05, 0) is 49.6 Å². The number of hydrogen-bond acceptors (Lipinski definition) is 12. The quantitative estimate of drug-likeness (QED) is 0.188. The smallest absolute Gasteiger partial charge is 0.459 e. The van der Waals surface area contributed by atoms with Crippen molar-refractivity contribution in [1.29, 1.82) is 5.26 Å². The second-order valence-corrected chi connectivity index (χ2v) is 12.9. The van der Waals surface area contributed by atoms with Crippen LogP contribution in [0.4, 0.5) is 5.82 Å². The molecule has 2 aromatic heterocycles. The number of para-hydroxylation sites is 1. The summed E-state index contributed by atoms with van der Waals surface area (Å²) in [7, 11) is -4.17. The minimum Gasteiger partial charge on any atom is -0.465 e. The number of nitriles is 1. The van der Waals surface area contributed by atoms with Crippen LogP contribution in [0.2, 0.25) is 0 Å². The molecule has 2 fully saturated rings. The van der Waals surface area contributed by atoms with Gasteiger partial charge in [-0.15, -0.1) is 0 Å². The van der Waals surface area contributed by atoms with Crippen molar-refractivity contribution in [3.8, 4) is 11.8 Å². The Labute approximate surface area is 247 Å². The second kappa shape index (κ2) is 11.8. The maximum atomic E-state index is 14.1. The lowest BCUT2D eigenvalue weighted by Gasteiger charge is -2.31. The monoisotopic (exact) mass is 616 g/mol. The number of aliphatic hydroxyl groups is 1. The van der Waals surface area contributed by atoms with Crippen molar-refractivity contribution in [3.63, 3.8) is 0 Å². The van der Waals surface area contributed by atoms with Crippen LogP contribution in [0.5, 0.6) is 5.75 Å². The van der Waals surface area contributed by atoms with Crippen molar-refractivity contribution >= 4 is 36.8 Å². The van der Waals surface area contributed by atoms with E-state index < -0.39 is 48.9 Å². The average Bonchev–Trinajstić information content (AvgIpc) is 3.22. The van der Waals surface area contributed by atoms with Crippen molar-refractivity contribution in [2.45, 2.75) is 43.6 Å². The molecule has 13 nitrogen and oxygen atoms in total. The van der Waals surface area contributed by atoms with E-state index in [1.165, 1.54) is 22.6 Å². The molecule has 7 unspecified atom stereocenters. The number of rotatable bonds is 13.